The Morgan fingerprint density at radius 1 is 1.30 bits per heavy atom. The van der Waals surface area contributed by atoms with Gasteiger partial charge in [-0.1, -0.05) is 13.3 Å². The molecule has 1 N–H and O–H groups in total. The standard InChI is InChI=1S/C15H21N3OS/c1-2-9-16-15-17-13(12-8-10-20-14(12)18-15)19-11-6-4-3-5-7-11/h8,10-11H,2-7,9H2,1H3,(H,16,17,18). The summed E-state index contributed by atoms with van der Waals surface area (Å²) >= 11 is 1.64. The Bertz CT molecular complexity index is 563. The highest BCUT2D eigenvalue weighted by molar-refractivity contribution is 7.16. The summed E-state index contributed by atoms with van der Waals surface area (Å²) < 4.78 is 6.16. The molecule has 2 heterocycles. The van der Waals surface area contributed by atoms with Gasteiger partial charge >= 0.3 is 0 Å². The predicted molar refractivity (Wildman–Crippen MR) is 83.7 cm³/mol. The van der Waals surface area contributed by atoms with Crippen molar-refractivity contribution in [2.45, 2.75) is 51.6 Å². The molecule has 108 valence electrons. The molecular weight excluding hydrogens is 270 g/mol. The van der Waals surface area contributed by atoms with Crippen LogP contribution in [0.15, 0.2) is 11.4 Å². The number of thiophene rings is 1. The van der Waals surface area contributed by atoms with Gasteiger partial charge in [-0.3, -0.25) is 0 Å². The second kappa shape index (κ2) is 6.39. The zero-order valence-corrected chi connectivity index (χ0v) is 12.7. The number of aromatic nitrogens is 2. The Balaban J connectivity index is 1.84. The maximum absolute atomic E-state index is 6.16. The van der Waals surface area contributed by atoms with Crippen molar-refractivity contribution in [2.75, 3.05) is 11.9 Å². The van der Waals surface area contributed by atoms with Crippen molar-refractivity contribution in [1.29, 1.82) is 0 Å². The molecule has 0 amide bonds. The van der Waals surface area contributed by atoms with E-state index < -0.39 is 0 Å². The second-order valence-electron chi connectivity index (χ2n) is 5.30. The van der Waals surface area contributed by atoms with E-state index in [1.807, 2.05) is 0 Å². The van der Waals surface area contributed by atoms with Crippen LogP contribution in [0.4, 0.5) is 5.95 Å². The maximum atomic E-state index is 6.16. The van der Waals surface area contributed by atoms with Crippen LogP contribution in [0, 0.1) is 0 Å². The van der Waals surface area contributed by atoms with Crippen molar-refractivity contribution in [3.8, 4) is 5.88 Å². The van der Waals surface area contributed by atoms with Gasteiger partial charge in [-0.25, -0.2) is 4.98 Å². The molecule has 1 aliphatic rings. The largest absolute Gasteiger partial charge is 0.474 e. The quantitative estimate of drug-likeness (QED) is 0.895. The number of hydrogen-bond donors (Lipinski definition) is 1. The molecule has 2 aromatic rings. The number of fused-ring (bicyclic) bond motifs is 1. The molecule has 3 rings (SSSR count). The lowest BCUT2D eigenvalue weighted by molar-refractivity contribution is 0.151. The fourth-order valence-electron chi connectivity index (χ4n) is 2.57. The van der Waals surface area contributed by atoms with E-state index >= 15 is 0 Å². The van der Waals surface area contributed by atoms with Gasteiger partial charge < -0.3 is 10.1 Å². The van der Waals surface area contributed by atoms with E-state index in [0.717, 1.165) is 41.9 Å². The average molecular weight is 291 g/mol. The Kier molecular flexibility index (Phi) is 4.35. The third kappa shape index (κ3) is 3.03. The number of nitrogens with one attached hydrogen (secondary N) is 1. The highest BCUT2D eigenvalue weighted by atomic mass is 32.1. The van der Waals surface area contributed by atoms with Gasteiger partial charge in [0.25, 0.3) is 0 Å². The molecule has 1 fully saturated rings. The van der Waals surface area contributed by atoms with Gasteiger partial charge in [0.05, 0.1) is 5.39 Å². The molecule has 0 radical (unpaired) electrons. The molecule has 1 aliphatic carbocycles. The normalized spacial score (nSPS) is 16.4. The summed E-state index contributed by atoms with van der Waals surface area (Å²) in [7, 11) is 0. The Labute approximate surface area is 123 Å². The molecule has 4 nitrogen and oxygen atoms in total. The zero-order chi connectivity index (χ0) is 13.8. The summed E-state index contributed by atoms with van der Waals surface area (Å²) in [4.78, 5) is 10.1. The highest BCUT2D eigenvalue weighted by Crippen LogP contribution is 2.31. The molecule has 2 aromatic heterocycles. The van der Waals surface area contributed by atoms with Crippen molar-refractivity contribution < 1.29 is 4.74 Å². The first-order valence-electron chi connectivity index (χ1n) is 7.52. The second-order valence-corrected chi connectivity index (χ2v) is 6.19. The molecule has 0 atom stereocenters. The van der Waals surface area contributed by atoms with Crippen molar-refractivity contribution in [2.24, 2.45) is 0 Å². The maximum Gasteiger partial charge on any atom is 0.227 e. The number of nitrogens with zero attached hydrogens (tertiary/aromatic N) is 2. The smallest absolute Gasteiger partial charge is 0.227 e. The van der Waals surface area contributed by atoms with Crippen LogP contribution < -0.4 is 10.1 Å². The van der Waals surface area contributed by atoms with Gasteiger partial charge in [0.2, 0.25) is 11.8 Å². The molecule has 0 bridgehead atoms. The van der Waals surface area contributed by atoms with Crippen LogP contribution in [0.2, 0.25) is 0 Å². The summed E-state index contributed by atoms with van der Waals surface area (Å²) in [6.07, 6.45) is 7.54. The monoisotopic (exact) mass is 291 g/mol. The van der Waals surface area contributed by atoms with E-state index in [2.05, 4.69) is 33.7 Å². The molecule has 20 heavy (non-hydrogen) atoms. The fourth-order valence-corrected chi connectivity index (χ4v) is 3.33. The number of ether oxygens (including phenoxy) is 1. The first-order valence-corrected chi connectivity index (χ1v) is 8.40. The SMILES string of the molecule is CCCNc1nc(OC2CCCCC2)c2ccsc2n1. The van der Waals surface area contributed by atoms with Crippen LogP contribution in [0.3, 0.4) is 0 Å². The minimum Gasteiger partial charge on any atom is -0.474 e. The number of anilines is 1. The van der Waals surface area contributed by atoms with E-state index in [-0.39, 0.29) is 0 Å². The topological polar surface area (TPSA) is 47.0 Å². The van der Waals surface area contributed by atoms with Gasteiger partial charge in [-0.15, -0.1) is 11.3 Å². The van der Waals surface area contributed by atoms with E-state index in [1.54, 1.807) is 11.3 Å². The molecule has 0 saturated heterocycles. The third-order valence-electron chi connectivity index (χ3n) is 3.65. The molecule has 0 unspecified atom stereocenters. The van der Waals surface area contributed by atoms with Gasteiger partial charge in [0.1, 0.15) is 10.9 Å². The molecule has 0 spiro atoms. The minimum absolute atomic E-state index is 0.320. The third-order valence-corrected chi connectivity index (χ3v) is 4.46. The number of rotatable bonds is 5. The van der Waals surface area contributed by atoms with Crippen LogP contribution >= 0.6 is 11.3 Å². The number of hydrogen-bond acceptors (Lipinski definition) is 5. The summed E-state index contributed by atoms with van der Waals surface area (Å²) in [5, 5.41) is 6.35. The van der Waals surface area contributed by atoms with Gasteiger partial charge in [0, 0.05) is 6.54 Å². The van der Waals surface area contributed by atoms with Crippen molar-refractivity contribution >= 4 is 27.5 Å². The van der Waals surface area contributed by atoms with Crippen LogP contribution in [0.25, 0.3) is 10.2 Å². The lowest BCUT2D eigenvalue weighted by Gasteiger charge is -2.22. The van der Waals surface area contributed by atoms with Crippen molar-refractivity contribution in [3.63, 3.8) is 0 Å². The summed E-state index contributed by atoms with van der Waals surface area (Å²) in [6.45, 7) is 3.02. The van der Waals surface area contributed by atoms with Crippen molar-refractivity contribution in [1.82, 2.24) is 9.97 Å². The van der Waals surface area contributed by atoms with E-state index in [9.17, 15) is 0 Å². The van der Waals surface area contributed by atoms with Gasteiger partial charge in [0.15, 0.2) is 0 Å². The molecular formula is C15H21N3OS. The predicted octanol–water partition coefficient (Wildman–Crippen LogP) is 4.22. The van der Waals surface area contributed by atoms with E-state index in [0.29, 0.717) is 12.1 Å². The first-order chi connectivity index (χ1) is 9.86. The first kappa shape index (κ1) is 13.6. The van der Waals surface area contributed by atoms with E-state index in [4.69, 9.17) is 4.74 Å². The van der Waals surface area contributed by atoms with Crippen LogP contribution in [0.5, 0.6) is 5.88 Å². The minimum atomic E-state index is 0.320. The highest BCUT2D eigenvalue weighted by Gasteiger charge is 2.18. The summed E-state index contributed by atoms with van der Waals surface area (Å²) in [5.74, 6) is 1.44. The molecule has 0 aliphatic heterocycles. The molecule has 1 saturated carbocycles. The lowest BCUT2D eigenvalue weighted by Crippen LogP contribution is -2.20. The molecule has 5 heteroatoms. The Morgan fingerprint density at radius 2 is 2.15 bits per heavy atom. The summed E-state index contributed by atoms with van der Waals surface area (Å²) in [6, 6.07) is 2.06. The average Bonchev–Trinajstić information content (AvgIpc) is 2.95. The van der Waals surface area contributed by atoms with Crippen molar-refractivity contribution in [3.05, 3.63) is 11.4 Å². The van der Waals surface area contributed by atoms with Crippen LogP contribution in [0.1, 0.15) is 45.4 Å². The lowest BCUT2D eigenvalue weighted by atomic mass is 9.98. The van der Waals surface area contributed by atoms with Gasteiger partial charge in [-0.2, -0.15) is 4.98 Å². The Hall–Kier alpha value is -1.36. The zero-order valence-electron chi connectivity index (χ0n) is 11.9. The van der Waals surface area contributed by atoms with Crippen LogP contribution in [-0.4, -0.2) is 22.6 Å². The van der Waals surface area contributed by atoms with E-state index in [1.165, 1.54) is 19.3 Å². The van der Waals surface area contributed by atoms with Crippen LogP contribution in [-0.2, 0) is 0 Å². The molecule has 0 aromatic carbocycles. The summed E-state index contributed by atoms with van der Waals surface area (Å²) in [5.41, 5.74) is 0. The Morgan fingerprint density at radius 3 is 2.95 bits per heavy atom. The fraction of sp³-hybridized carbons (Fsp3) is 0.600. The van der Waals surface area contributed by atoms with Gasteiger partial charge in [-0.05, 0) is 43.6 Å².